The van der Waals surface area contributed by atoms with E-state index in [0.29, 0.717) is 24.3 Å². The highest BCUT2D eigenvalue weighted by molar-refractivity contribution is 5.95. The molecule has 1 saturated heterocycles. The number of hydrogen-bond donors (Lipinski definition) is 1. The van der Waals surface area contributed by atoms with Crippen molar-refractivity contribution in [2.75, 3.05) is 13.2 Å². The molecule has 1 aromatic carbocycles. The second kappa shape index (κ2) is 9.20. The normalized spacial score (nSPS) is 20.1. The van der Waals surface area contributed by atoms with E-state index in [1.54, 1.807) is 24.3 Å². The Morgan fingerprint density at radius 1 is 1.15 bits per heavy atom. The van der Waals surface area contributed by atoms with Gasteiger partial charge in [-0.3, -0.25) is 9.69 Å². The Morgan fingerprint density at radius 3 is 2.19 bits per heavy atom. The molecule has 148 valence electrons. The number of aliphatic hydroxyl groups is 1. The SMILES string of the molecule is CCC(=O)c1ccc(OCC(O)CN2C(C)(C)CCCC2(C)C)cc1.Cl. The minimum Gasteiger partial charge on any atom is -0.491 e. The van der Waals surface area contributed by atoms with Crippen molar-refractivity contribution in [3.8, 4) is 5.75 Å². The van der Waals surface area contributed by atoms with Gasteiger partial charge in [0.2, 0.25) is 0 Å². The van der Waals surface area contributed by atoms with E-state index in [4.69, 9.17) is 4.74 Å². The molecular weight excluding hydrogens is 350 g/mol. The topological polar surface area (TPSA) is 49.8 Å². The van der Waals surface area contributed by atoms with Gasteiger partial charge in [0, 0.05) is 29.6 Å². The monoisotopic (exact) mass is 383 g/mol. The zero-order valence-electron chi connectivity index (χ0n) is 16.7. The van der Waals surface area contributed by atoms with Crippen molar-refractivity contribution in [2.24, 2.45) is 0 Å². The smallest absolute Gasteiger partial charge is 0.162 e. The first-order valence-electron chi connectivity index (χ1n) is 9.37. The Hall–Kier alpha value is -1.10. The Bertz CT molecular complexity index is 567. The van der Waals surface area contributed by atoms with Gasteiger partial charge in [-0.25, -0.2) is 0 Å². The number of benzene rings is 1. The van der Waals surface area contributed by atoms with Crippen LogP contribution < -0.4 is 4.74 Å². The predicted octanol–water partition coefficient (Wildman–Crippen LogP) is 4.48. The minimum atomic E-state index is -0.548. The summed E-state index contributed by atoms with van der Waals surface area (Å²) in [6.45, 7) is 11.7. The molecule has 1 aromatic rings. The molecule has 0 amide bonds. The van der Waals surface area contributed by atoms with Gasteiger partial charge in [0.1, 0.15) is 18.5 Å². The number of nitrogens with zero attached hydrogens (tertiary/aromatic N) is 1. The largest absolute Gasteiger partial charge is 0.491 e. The molecule has 0 radical (unpaired) electrons. The lowest BCUT2D eigenvalue weighted by Gasteiger charge is -2.53. The summed E-state index contributed by atoms with van der Waals surface area (Å²) < 4.78 is 5.73. The summed E-state index contributed by atoms with van der Waals surface area (Å²) in [5.41, 5.74) is 0.877. The van der Waals surface area contributed by atoms with Crippen LogP contribution >= 0.6 is 12.4 Å². The first-order chi connectivity index (χ1) is 11.7. The second-order valence-corrected chi connectivity index (χ2v) is 8.35. The molecule has 5 heteroatoms. The highest BCUT2D eigenvalue weighted by atomic mass is 35.5. The minimum absolute atomic E-state index is 0. The number of rotatable bonds is 7. The van der Waals surface area contributed by atoms with Crippen molar-refractivity contribution in [3.05, 3.63) is 29.8 Å². The Morgan fingerprint density at radius 2 is 1.69 bits per heavy atom. The third kappa shape index (κ3) is 5.70. The predicted molar refractivity (Wildman–Crippen MR) is 109 cm³/mol. The van der Waals surface area contributed by atoms with Gasteiger partial charge in [0.15, 0.2) is 5.78 Å². The zero-order chi connectivity index (χ0) is 18.7. The van der Waals surface area contributed by atoms with E-state index < -0.39 is 6.10 Å². The maximum absolute atomic E-state index is 11.6. The van der Waals surface area contributed by atoms with Gasteiger partial charge in [0.25, 0.3) is 0 Å². The van der Waals surface area contributed by atoms with Crippen LogP contribution in [-0.4, -0.2) is 46.1 Å². The maximum atomic E-state index is 11.6. The van der Waals surface area contributed by atoms with Crippen LogP contribution in [0.5, 0.6) is 5.75 Å². The van der Waals surface area contributed by atoms with Crippen LogP contribution in [0.25, 0.3) is 0 Å². The number of carbonyl (C=O) groups is 1. The van der Waals surface area contributed by atoms with Crippen LogP contribution in [0, 0.1) is 0 Å². The summed E-state index contributed by atoms with van der Waals surface area (Å²) >= 11 is 0. The fourth-order valence-corrected chi connectivity index (χ4v) is 3.93. The summed E-state index contributed by atoms with van der Waals surface area (Å²) in [6.07, 6.45) is 3.48. The average molecular weight is 384 g/mol. The van der Waals surface area contributed by atoms with E-state index in [9.17, 15) is 9.90 Å². The number of piperidine rings is 1. The van der Waals surface area contributed by atoms with Gasteiger partial charge >= 0.3 is 0 Å². The molecule has 1 unspecified atom stereocenters. The fraction of sp³-hybridized carbons (Fsp3) is 0.667. The van der Waals surface area contributed by atoms with Crippen molar-refractivity contribution >= 4 is 18.2 Å². The molecule has 0 aliphatic carbocycles. The number of Topliss-reactive ketones (excluding diaryl/α,β-unsaturated/α-hetero) is 1. The highest BCUT2D eigenvalue weighted by Gasteiger charge is 2.41. The van der Waals surface area contributed by atoms with E-state index in [-0.39, 0.29) is 35.9 Å². The molecule has 1 heterocycles. The lowest BCUT2D eigenvalue weighted by molar-refractivity contribution is -0.0606. The molecule has 1 aliphatic rings. The van der Waals surface area contributed by atoms with Gasteiger partial charge in [-0.05, 0) is 71.2 Å². The van der Waals surface area contributed by atoms with Crippen LogP contribution in [-0.2, 0) is 0 Å². The number of β-amino-alcohol motifs (C(OH)–C–C–N with tert-alkyl or cyclic N) is 1. The van der Waals surface area contributed by atoms with Crippen LogP contribution in [0.3, 0.4) is 0 Å². The molecule has 26 heavy (non-hydrogen) atoms. The molecule has 1 N–H and O–H groups in total. The van der Waals surface area contributed by atoms with Crippen LogP contribution in [0.1, 0.15) is 70.7 Å². The number of halogens is 1. The molecule has 4 nitrogen and oxygen atoms in total. The molecule has 0 bridgehead atoms. The van der Waals surface area contributed by atoms with Gasteiger partial charge in [-0.15, -0.1) is 12.4 Å². The number of aliphatic hydroxyl groups excluding tert-OH is 1. The summed E-state index contributed by atoms with van der Waals surface area (Å²) in [5.74, 6) is 0.810. The van der Waals surface area contributed by atoms with E-state index >= 15 is 0 Å². The molecule has 0 saturated carbocycles. The van der Waals surface area contributed by atoms with Crippen molar-refractivity contribution < 1.29 is 14.6 Å². The zero-order valence-corrected chi connectivity index (χ0v) is 17.6. The molecule has 1 atom stereocenters. The standard InChI is InChI=1S/C21H33NO3.ClH/c1-6-19(24)16-8-10-18(11-9-16)25-15-17(23)14-22-20(2,3)12-7-13-21(22,4)5;/h8-11,17,23H,6-7,12-15H2,1-5H3;1H. The van der Waals surface area contributed by atoms with Gasteiger partial charge in [-0.2, -0.15) is 0 Å². The molecule has 0 aromatic heterocycles. The first-order valence-corrected chi connectivity index (χ1v) is 9.37. The van der Waals surface area contributed by atoms with Crippen LogP contribution in [0.2, 0.25) is 0 Å². The highest BCUT2D eigenvalue weighted by Crippen LogP contribution is 2.38. The first kappa shape index (κ1) is 22.9. The Balaban J connectivity index is 0.00000338. The number of hydrogen-bond acceptors (Lipinski definition) is 4. The van der Waals surface area contributed by atoms with E-state index in [1.165, 1.54) is 6.42 Å². The van der Waals surface area contributed by atoms with Crippen LogP contribution in [0.4, 0.5) is 0 Å². The number of likely N-dealkylation sites (tertiary alicyclic amines) is 1. The van der Waals surface area contributed by atoms with Crippen molar-refractivity contribution in [3.63, 3.8) is 0 Å². The number of ether oxygens (including phenoxy) is 1. The Kier molecular flexibility index (Phi) is 8.12. The third-order valence-corrected chi connectivity index (χ3v) is 5.37. The fourth-order valence-electron chi connectivity index (χ4n) is 3.93. The average Bonchev–Trinajstić information content (AvgIpc) is 2.56. The van der Waals surface area contributed by atoms with Gasteiger partial charge in [-0.1, -0.05) is 6.92 Å². The number of ketones is 1. The maximum Gasteiger partial charge on any atom is 0.162 e. The number of carbonyl (C=O) groups excluding carboxylic acids is 1. The Labute approximate surface area is 164 Å². The van der Waals surface area contributed by atoms with Crippen molar-refractivity contribution in [1.29, 1.82) is 0 Å². The molecular formula is C21H34ClNO3. The summed E-state index contributed by atoms with van der Waals surface area (Å²) in [4.78, 5) is 14.1. The molecule has 2 rings (SSSR count). The summed E-state index contributed by atoms with van der Waals surface area (Å²) in [7, 11) is 0. The van der Waals surface area contributed by atoms with Crippen molar-refractivity contribution in [2.45, 2.75) is 77.5 Å². The molecule has 1 aliphatic heterocycles. The van der Waals surface area contributed by atoms with E-state index in [2.05, 4.69) is 32.6 Å². The quantitative estimate of drug-likeness (QED) is 0.705. The summed E-state index contributed by atoms with van der Waals surface area (Å²) in [5, 5.41) is 10.5. The van der Waals surface area contributed by atoms with E-state index in [1.807, 2.05) is 6.92 Å². The lowest BCUT2D eigenvalue weighted by Crippen LogP contribution is -2.60. The summed E-state index contributed by atoms with van der Waals surface area (Å²) in [6, 6.07) is 7.16. The van der Waals surface area contributed by atoms with Crippen LogP contribution in [0.15, 0.2) is 24.3 Å². The van der Waals surface area contributed by atoms with Gasteiger partial charge in [0.05, 0.1) is 0 Å². The van der Waals surface area contributed by atoms with Gasteiger partial charge < -0.3 is 9.84 Å². The molecule has 0 spiro atoms. The third-order valence-electron chi connectivity index (χ3n) is 5.37. The molecule has 1 fully saturated rings. The van der Waals surface area contributed by atoms with E-state index in [0.717, 1.165) is 12.8 Å². The van der Waals surface area contributed by atoms with Crippen molar-refractivity contribution in [1.82, 2.24) is 4.90 Å². The second-order valence-electron chi connectivity index (χ2n) is 8.35. The lowest BCUT2D eigenvalue weighted by atomic mass is 9.79.